The quantitative estimate of drug-likeness (QED) is 0.816. The summed E-state index contributed by atoms with van der Waals surface area (Å²) in [6.07, 6.45) is 1.37. The van der Waals surface area contributed by atoms with Gasteiger partial charge in [-0.2, -0.15) is 0 Å². The van der Waals surface area contributed by atoms with Gasteiger partial charge in [0.25, 0.3) is 0 Å². The maximum Gasteiger partial charge on any atom is 0.305 e. The predicted octanol–water partition coefficient (Wildman–Crippen LogP) is 1.98. The lowest BCUT2D eigenvalue weighted by Crippen LogP contribution is -2.24. The molecule has 3 N–H and O–H groups in total. The summed E-state index contributed by atoms with van der Waals surface area (Å²) >= 11 is 3.33. The number of phenolic OH excluding ortho intramolecular Hbond substituents is 1. The first-order valence-corrected chi connectivity index (χ1v) is 6.12. The van der Waals surface area contributed by atoms with Crippen LogP contribution in [0.3, 0.4) is 0 Å². The van der Waals surface area contributed by atoms with Crippen LogP contribution in [0.2, 0.25) is 0 Å². The van der Waals surface area contributed by atoms with Crippen LogP contribution in [0.15, 0.2) is 22.7 Å². The molecule has 1 aromatic carbocycles. The Bertz CT molecular complexity index is 395. The number of aromatic hydroxyl groups is 1. The number of carbonyl (C=O) groups excluding carboxylic acids is 1. The predicted molar refractivity (Wildman–Crippen MR) is 68.7 cm³/mol. The topological polar surface area (TPSA) is 72.5 Å². The number of hydrogen-bond donors (Lipinski definition) is 2. The molecule has 1 atom stereocenters. The Kier molecular flexibility index (Phi) is 5.44. The molecule has 0 aliphatic carbocycles. The lowest BCUT2D eigenvalue weighted by atomic mass is 10.0. The molecule has 0 aliphatic rings. The van der Waals surface area contributed by atoms with Crippen LogP contribution in [0.4, 0.5) is 0 Å². The number of halogens is 1. The first-order valence-electron chi connectivity index (χ1n) is 5.32. The number of methoxy groups -OCH3 is 1. The molecule has 0 aromatic heterocycles. The second-order valence-corrected chi connectivity index (χ2v) is 4.77. The third-order valence-corrected chi connectivity index (χ3v) is 2.96. The average Bonchev–Trinajstić information content (AvgIpc) is 2.30. The molecule has 94 valence electrons. The van der Waals surface area contributed by atoms with Crippen LogP contribution >= 0.6 is 15.9 Å². The number of esters is 1. The summed E-state index contributed by atoms with van der Waals surface area (Å²) in [5.41, 5.74) is 6.67. The van der Waals surface area contributed by atoms with E-state index in [-0.39, 0.29) is 17.8 Å². The number of rotatable bonds is 5. The molecule has 17 heavy (non-hydrogen) atoms. The maximum atomic E-state index is 11.0. The highest BCUT2D eigenvalue weighted by molar-refractivity contribution is 9.10. The maximum absolute atomic E-state index is 11.0. The highest BCUT2D eigenvalue weighted by Crippen LogP contribution is 2.23. The van der Waals surface area contributed by atoms with E-state index in [1.54, 1.807) is 12.1 Å². The molecule has 0 radical (unpaired) electrons. The van der Waals surface area contributed by atoms with Crippen molar-refractivity contribution in [2.24, 2.45) is 5.73 Å². The van der Waals surface area contributed by atoms with Crippen molar-refractivity contribution in [3.63, 3.8) is 0 Å². The minimum absolute atomic E-state index is 0.172. The first-order chi connectivity index (χ1) is 8.02. The van der Waals surface area contributed by atoms with Crippen molar-refractivity contribution in [1.82, 2.24) is 0 Å². The van der Waals surface area contributed by atoms with Gasteiger partial charge in [0.2, 0.25) is 0 Å². The SMILES string of the molecule is COC(=O)CCC(N)Cc1cc(Br)ccc1O. The number of hydrogen-bond acceptors (Lipinski definition) is 4. The molecule has 1 aromatic rings. The van der Waals surface area contributed by atoms with Gasteiger partial charge in [0.15, 0.2) is 0 Å². The van der Waals surface area contributed by atoms with E-state index < -0.39 is 0 Å². The van der Waals surface area contributed by atoms with Crippen molar-refractivity contribution in [2.45, 2.75) is 25.3 Å². The molecule has 0 saturated heterocycles. The van der Waals surface area contributed by atoms with Crippen LogP contribution in [0.5, 0.6) is 5.75 Å². The molecule has 0 aliphatic heterocycles. The van der Waals surface area contributed by atoms with Gasteiger partial charge in [-0.3, -0.25) is 4.79 Å². The van der Waals surface area contributed by atoms with E-state index in [9.17, 15) is 9.90 Å². The fraction of sp³-hybridized carbons (Fsp3) is 0.417. The van der Waals surface area contributed by atoms with Crippen molar-refractivity contribution in [1.29, 1.82) is 0 Å². The summed E-state index contributed by atoms with van der Waals surface area (Å²) in [6, 6.07) is 5.03. The minimum Gasteiger partial charge on any atom is -0.508 e. The zero-order chi connectivity index (χ0) is 12.8. The summed E-state index contributed by atoms with van der Waals surface area (Å²) in [5, 5.41) is 9.64. The van der Waals surface area contributed by atoms with Gasteiger partial charge in [-0.1, -0.05) is 15.9 Å². The van der Waals surface area contributed by atoms with Crippen LogP contribution in [0, 0.1) is 0 Å². The van der Waals surface area contributed by atoms with E-state index in [0.717, 1.165) is 10.0 Å². The van der Waals surface area contributed by atoms with Gasteiger partial charge in [-0.05, 0) is 36.6 Å². The number of ether oxygens (including phenoxy) is 1. The molecule has 0 amide bonds. The van der Waals surface area contributed by atoms with Crippen LogP contribution in [-0.2, 0) is 16.0 Å². The second-order valence-electron chi connectivity index (χ2n) is 3.85. The van der Waals surface area contributed by atoms with E-state index in [1.807, 2.05) is 6.07 Å². The number of carbonyl (C=O) groups is 1. The molecule has 1 unspecified atom stereocenters. The molecule has 0 bridgehead atoms. The molecule has 4 nitrogen and oxygen atoms in total. The van der Waals surface area contributed by atoms with Crippen molar-refractivity contribution in [3.8, 4) is 5.75 Å². The highest BCUT2D eigenvalue weighted by Gasteiger charge is 2.10. The largest absolute Gasteiger partial charge is 0.508 e. The fourth-order valence-corrected chi connectivity index (χ4v) is 1.92. The van der Waals surface area contributed by atoms with Crippen molar-refractivity contribution in [2.75, 3.05) is 7.11 Å². The van der Waals surface area contributed by atoms with Gasteiger partial charge < -0.3 is 15.6 Å². The molecule has 1 rings (SSSR count). The van der Waals surface area contributed by atoms with Crippen molar-refractivity contribution < 1.29 is 14.6 Å². The van der Waals surface area contributed by atoms with E-state index in [4.69, 9.17) is 5.73 Å². The van der Waals surface area contributed by atoms with Crippen molar-refractivity contribution in [3.05, 3.63) is 28.2 Å². The highest BCUT2D eigenvalue weighted by atomic mass is 79.9. The van der Waals surface area contributed by atoms with Crippen LogP contribution in [0.1, 0.15) is 18.4 Å². The van der Waals surface area contributed by atoms with E-state index >= 15 is 0 Å². The zero-order valence-corrected chi connectivity index (χ0v) is 11.2. The van der Waals surface area contributed by atoms with Crippen molar-refractivity contribution >= 4 is 21.9 Å². The molecular formula is C12H16BrNO3. The van der Waals surface area contributed by atoms with E-state index in [2.05, 4.69) is 20.7 Å². The van der Waals surface area contributed by atoms with Gasteiger partial charge in [0.1, 0.15) is 5.75 Å². The van der Waals surface area contributed by atoms with Crippen LogP contribution < -0.4 is 5.73 Å². The third kappa shape index (κ3) is 4.75. The molecule has 0 heterocycles. The zero-order valence-electron chi connectivity index (χ0n) is 9.65. The van der Waals surface area contributed by atoms with Crippen LogP contribution in [-0.4, -0.2) is 24.2 Å². The fourth-order valence-electron chi connectivity index (χ4n) is 1.51. The summed E-state index contributed by atoms with van der Waals surface area (Å²) in [5.74, 6) is -0.0411. The average molecular weight is 302 g/mol. The Morgan fingerprint density at radius 2 is 2.29 bits per heavy atom. The Balaban J connectivity index is 2.52. The molecule has 5 heteroatoms. The number of phenols is 1. The number of nitrogens with two attached hydrogens (primary N) is 1. The van der Waals surface area contributed by atoms with E-state index in [1.165, 1.54) is 7.11 Å². The van der Waals surface area contributed by atoms with Gasteiger partial charge in [0.05, 0.1) is 7.11 Å². The molecule has 0 saturated carbocycles. The first kappa shape index (κ1) is 14.0. The van der Waals surface area contributed by atoms with Gasteiger partial charge in [-0.15, -0.1) is 0 Å². The Hall–Kier alpha value is -1.07. The summed E-state index contributed by atoms with van der Waals surface area (Å²) < 4.78 is 5.44. The lowest BCUT2D eigenvalue weighted by molar-refractivity contribution is -0.140. The Morgan fingerprint density at radius 3 is 2.94 bits per heavy atom. The van der Waals surface area contributed by atoms with Gasteiger partial charge >= 0.3 is 5.97 Å². The number of benzene rings is 1. The summed E-state index contributed by atoms with van der Waals surface area (Å²) in [6.45, 7) is 0. The molecular weight excluding hydrogens is 286 g/mol. The standard InChI is InChI=1S/C12H16BrNO3/c1-17-12(16)5-3-10(14)7-8-6-9(13)2-4-11(8)15/h2,4,6,10,15H,3,5,7,14H2,1H3. The second kappa shape index (κ2) is 6.61. The van der Waals surface area contributed by atoms with Crippen LogP contribution in [0.25, 0.3) is 0 Å². The normalized spacial score (nSPS) is 12.2. The monoisotopic (exact) mass is 301 g/mol. The summed E-state index contributed by atoms with van der Waals surface area (Å²) in [7, 11) is 1.36. The Morgan fingerprint density at radius 1 is 1.59 bits per heavy atom. The smallest absolute Gasteiger partial charge is 0.305 e. The van der Waals surface area contributed by atoms with Gasteiger partial charge in [0, 0.05) is 16.9 Å². The van der Waals surface area contributed by atoms with E-state index in [0.29, 0.717) is 19.3 Å². The molecule has 0 spiro atoms. The van der Waals surface area contributed by atoms with Gasteiger partial charge in [-0.25, -0.2) is 0 Å². The lowest BCUT2D eigenvalue weighted by Gasteiger charge is -2.12. The third-order valence-electron chi connectivity index (χ3n) is 2.47. The molecule has 0 fully saturated rings. The Labute approximate surface area is 109 Å². The minimum atomic E-state index is -0.265. The summed E-state index contributed by atoms with van der Waals surface area (Å²) in [4.78, 5) is 11.0.